The van der Waals surface area contributed by atoms with Crippen molar-refractivity contribution in [2.24, 2.45) is 5.73 Å². The number of nitrogens with two attached hydrogens (primary N) is 1. The van der Waals surface area contributed by atoms with E-state index in [-0.39, 0.29) is 0 Å². The van der Waals surface area contributed by atoms with Crippen molar-refractivity contribution in [2.75, 3.05) is 13.6 Å². The number of aromatic nitrogens is 1. The standard InChI is InChI=1S/C32H41N3S/c1-8-32(36-28(6)35(7)18-11-9-10-13-27(5)33)20-24(2)16-17-26(4)29-14-12-15-30(21-29)31-19-25(3)22-34-23-31/h8,12,14-17,19-23H,1,5-6,9-11,13,18,33H2,2-4,7H3/b24-16+,26-17+,32-20+. The second-order valence-corrected chi connectivity index (χ2v) is 10.4. The van der Waals surface area contributed by atoms with E-state index in [2.05, 4.69) is 106 Å². The van der Waals surface area contributed by atoms with E-state index in [4.69, 9.17) is 5.73 Å². The van der Waals surface area contributed by atoms with Gasteiger partial charge in [0.15, 0.2) is 0 Å². The fourth-order valence-corrected chi connectivity index (χ4v) is 4.48. The van der Waals surface area contributed by atoms with Crippen molar-refractivity contribution in [1.29, 1.82) is 0 Å². The Bertz CT molecular complexity index is 1150. The van der Waals surface area contributed by atoms with Crippen molar-refractivity contribution in [3.63, 3.8) is 0 Å². The highest BCUT2D eigenvalue weighted by Gasteiger charge is 2.06. The molecule has 1 aromatic carbocycles. The fraction of sp³-hybridized carbons (Fsp3) is 0.281. The Morgan fingerprint density at radius 1 is 1.06 bits per heavy atom. The van der Waals surface area contributed by atoms with Crippen molar-refractivity contribution < 1.29 is 0 Å². The lowest BCUT2D eigenvalue weighted by atomic mass is 10.00. The molecule has 0 bridgehead atoms. The third-order valence-corrected chi connectivity index (χ3v) is 6.91. The number of aryl methyl sites for hydroxylation is 1. The molecule has 0 saturated carbocycles. The number of benzene rings is 1. The van der Waals surface area contributed by atoms with E-state index in [0.717, 1.165) is 64.6 Å². The molecular weight excluding hydrogens is 458 g/mol. The minimum Gasteiger partial charge on any atom is -0.403 e. The smallest absolute Gasteiger partial charge is 0.0680 e. The minimum atomic E-state index is 0.769. The summed E-state index contributed by atoms with van der Waals surface area (Å²) in [6, 6.07) is 10.8. The lowest BCUT2D eigenvalue weighted by Crippen LogP contribution is -2.16. The Kier molecular flexibility index (Phi) is 12.1. The number of nitrogens with zero attached hydrogens (tertiary/aromatic N) is 2. The molecule has 0 amide bonds. The van der Waals surface area contributed by atoms with E-state index in [1.807, 2.05) is 18.5 Å². The maximum atomic E-state index is 5.64. The third kappa shape index (κ3) is 10.2. The Hall–Kier alpha value is -3.24. The Balaban J connectivity index is 2.00. The van der Waals surface area contributed by atoms with E-state index in [1.165, 1.54) is 16.7 Å². The average molecular weight is 500 g/mol. The summed E-state index contributed by atoms with van der Waals surface area (Å²) in [6.07, 6.45) is 16.4. The van der Waals surface area contributed by atoms with Gasteiger partial charge in [0.2, 0.25) is 0 Å². The molecule has 0 aliphatic heterocycles. The van der Waals surface area contributed by atoms with Crippen LogP contribution in [-0.2, 0) is 0 Å². The first-order valence-corrected chi connectivity index (χ1v) is 13.2. The zero-order valence-corrected chi connectivity index (χ0v) is 23.2. The molecule has 0 radical (unpaired) electrons. The average Bonchev–Trinajstić information content (AvgIpc) is 2.86. The predicted molar refractivity (Wildman–Crippen MR) is 161 cm³/mol. The molecule has 3 nitrogen and oxygen atoms in total. The van der Waals surface area contributed by atoms with Crippen LogP contribution in [0.2, 0.25) is 0 Å². The van der Waals surface area contributed by atoms with Crippen molar-refractivity contribution in [3.05, 3.63) is 119 Å². The number of unbranched alkanes of at least 4 members (excludes halogenated alkanes) is 2. The van der Waals surface area contributed by atoms with Crippen LogP contribution in [0.3, 0.4) is 0 Å². The Morgan fingerprint density at radius 2 is 1.83 bits per heavy atom. The minimum absolute atomic E-state index is 0.769. The summed E-state index contributed by atoms with van der Waals surface area (Å²) >= 11 is 1.65. The number of rotatable bonds is 14. The highest BCUT2D eigenvalue weighted by atomic mass is 32.2. The summed E-state index contributed by atoms with van der Waals surface area (Å²) in [5.41, 5.74) is 13.5. The summed E-state index contributed by atoms with van der Waals surface area (Å²) in [6.45, 7) is 19.3. The van der Waals surface area contributed by atoms with Gasteiger partial charge in [-0.1, -0.05) is 74.3 Å². The van der Waals surface area contributed by atoms with E-state index in [9.17, 15) is 0 Å². The van der Waals surface area contributed by atoms with E-state index < -0.39 is 0 Å². The normalized spacial score (nSPS) is 12.4. The van der Waals surface area contributed by atoms with Gasteiger partial charge < -0.3 is 10.6 Å². The van der Waals surface area contributed by atoms with Gasteiger partial charge in [0.25, 0.3) is 0 Å². The third-order valence-electron chi connectivity index (χ3n) is 5.85. The zero-order chi connectivity index (χ0) is 26.5. The molecule has 1 aromatic heterocycles. The molecule has 0 spiro atoms. The Labute approximate surface area is 222 Å². The molecule has 36 heavy (non-hydrogen) atoms. The number of thioether (sulfide) groups is 1. The molecule has 2 aromatic rings. The summed E-state index contributed by atoms with van der Waals surface area (Å²) in [5.74, 6) is 0. The number of hydrogen-bond acceptors (Lipinski definition) is 4. The van der Waals surface area contributed by atoms with Gasteiger partial charge >= 0.3 is 0 Å². The first-order valence-electron chi connectivity index (χ1n) is 12.4. The van der Waals surface area contributed by atoms with Gasteiger partial charge in [0.05, 0.1) is 5.03 Å². The fourth-order valence-electron chi connectivity index (χ4n) is 3.63. The number of allylic oxidation sites excluding steroid dienone is 7. The van der Waals surface area contributed by atoms with E-state index >= 15 is 0 Å². The van der Waals surface area contributed by atoms with Crippen LogP contribution in [-0.4, -0.2) is 23.5 Å². The Morgan fingerprint density at radius 3 is 2.53 bits per heavy atom. The van der Waals surface area contributed by atoms with Crippen LogP contribution in [0.4, 0.5) is 0 Å². The molecule has 0 atom stereocenters. The highest BCUT2D eigenvalue weighted by Crippen LogP contribution is 2.28. The molecule has 4 heteroatoms. The molecule has 0 fully saturated rings. The summed E-state index contributed by atoms with van der Waals surface area (Å²) < 4.78 is 0. The lowest BCUT2D eigenvalue weighted by molar-refractivity contribution is 0.425. The van der Waals surface area contributed by atoms with Gasteiger partial charge in [-0.25, -0.2) is 0 Å². The van der Waals surface area contributed by atoms with Crippen LogP contribution in [0, 0.1) is 6.92 Å². The van der Waals surface area contributed by atoms with Crippen LogP contribution >= 0.6 is 11.8 Å². The molecule has 2 rings (SSSR count). The second-order valence-electron chi connectivity index (χ2n) is 9.23. The first kappa shape index (κ1) is 29.0. The molecule has 0 aliphatic carbocycles. The van der Waals surface area contributed by atoms with Crippen molar-refractivity contribution >= 4 is 17.3 Å². The molecule has 190 valence electrons. The van der Waals surface area contributed by atoms with Crippen molar-refractivity contribution in [2.45, 2.75) is 46.5 Å². The van der Waals surface area contributed by atoms with Crippen LogP contribution in [0.25, 0.3) is 16.7 Å². The van der Waals surface area contributed by atoms with Crippen molar-refractivity contribution in [3.8, 4) is 11.1 Å². The van der Waals surface area contributed by atoms with Gasteiger partial charge in [-0.2, -0.15) is 0 Å². The topological polar surface area (TPSA) is 42.2 Å². The first-order chi connectivity index (χ1) is 17.2. The second kappa shape index (κ2) is 15.0. The van der Waals surface area contributed by atoms with Gasteiger partial charge in [-0.3, -0.25) is 4.98 Å². The van der Waals surface area contributed by atoms with Crippen LogP contribution in [0.15, 0.2) is 108 Å². The van der Waals surface area contributed by atoms with Gasteiger partial charge in [0, 0.05) is 42.2 Å². The number of pyridine rings is 1. The van der Waals surface area contributed by atoms with Gasteiger partial charge in [-0.15, -0.1) is 0 Å². The van der Waals surface area contributed by atoms with Crippen LogP contribution in [0.1, 0.15) is 50.7 Å². The van der Waals surface area contributed by atoms with Gasteiger partial charge in [-0.05, 0) is 86.1 Å². The summed E-state index contributed by atoms with van der Waals surface area (Å²) in [4.78, 5) is 7.62. The molecule has 1 heterocycles. The van der Waals surface area contributed by atoms with Gasteiger partial charge in [0.1, 0.15) is 0 Å². The predicted octanol–water partition coefficient (Wildman–Crippen LogP) is 8.65. The van der Waals surface area contributed by atoms with Crippen LogP contribution < -0.4 is 5.73 Å². The maximum absolute atomic E-state index is 5.64. The largest absolute Gasteiger partial charge is 0.403 e. The summed E-state index contributed by atoms with van der Waals surface area (Å²) in [5, 5.41) is 1.02. The molecular formula is C32H41N3S. The monoisotopic (exact) mass is 499 g/mol. The quantitative estimate of drug-likeness (QED) is 0.209. The van der Waals surface area contributed by atoms with E-state index in [1.54, 1.807) is 11.8 Å². The van der Waals surface area contributed by atoms with Crippen molar-refractivity contribution in [1.82, 2.24) is 9.88 Å². The summed E-state index contributed by atoms with van der Waals surface area (Å²) in [7, 11) is 2.09. The lowest BCUT2D eigenvalue weighted by Gasteiger charge is -2.21. The molecule has 2 N–H and O–H groups in total. The number of hydrogen-bond donors (Lipinski definition) is 1. The maximum Gasteiger partial charge on any atom is 0.0680 e. The molecule has 0 unspecified atom stereocenters. The zero-order valence-electron chi connectivity index (χ0n) is 22.4. The van der Waals surface area contributed by atoms with E-state index in [0.29, 0.717) is 0 Å². The highest BCUT2D eigenvalue weighted by molar-refractivity contribution is 8.06. The van der Waals surface area contributed by atoms with Crippen LogP contribution in [0.5, 0.6) is 0 Å². The SMILES string of the molecule is C=C\C(=C/C(C)=C/C=C(\C)c1cccc(-c2cncc(C)c2)c1)SC(=C)N(C)CCCCCC(=C)N. The molecule has 0 saturated heterocycles. The molecule has 0 aliphatic rings.